The van der Waals surface area contributed by atoms with Crippen LogP contribution >= 0.6 is 0 Å². The van der Waals surface area contributed by atoms with Crippen LogP contribution in [0.5, 0.6) is 5.75 Å². The van der Waals surface area contributed by atoms with Gasteiger partial charge in [-0.25, -0.2) is 9.97 Å². The molecule has 0 fully saturated rings. The minimum atomic E-state index is 0.428. The van der Waals surface area contributed by atoms with Crippen molar-refractivity contribution < 1.29 is 4.74 Å². The van der Waals surface area contributed by atoms with Crippen molar-refractivity contribution in [1.29, 1.82) is 0 Å². The molecule has 2 aromatic rings. The number of fused-ring (bicyclic) bond motifs is 1. The van der Waals surface area contributed by atoms with Crippen LogP contribution in [-0.2, 0) is 13.1 Å². The summed E-state index contributed by atoms with van der Waals surface area (Å²) in [5.74, 6) is 1.67. The molecular formula is C15H18N4O. The van der Waals surface area contributed by atoms with E-state index in [1.807, 2.05) is 31.2 Å². The molecule has 1 aromatic carbocycles. The molecule has 0 saturated heterocycles. The number of benzene rings is 1. The van der Waals surface area contributed by atoms with E-state index in [0.717, 1.165) is 41.7 Å². The zero-order valence-corrected chi connectivity index (χ0v) is 11.5. The van der Waals surface area contributed by atoms with Crippen LogP contribution in [0.4, 0.5) is 5.95 Å². The average molecular weight is 270 g/mol. The van der Waals surface area contributed by atoms with Gasteiger partial charge in [-0.05, 0) is 19.1 Å². The molecule has 0 bridgehead atoms. The Labute approximate surface area is 118 Å². The van der Waals surface area contributed by atoms with Gasteiger partial charge in [-0.3, -0.25) is 0 Å². The molecule has 3 rings (SSSR count). The zero-order valence-electron chi connectivity index (χ0n) is 11.5. The smallest absolute Gasteiger partial charge is 0.226 e. The number of rotatable bonds is 2. The molecule has 0 unspecified atom stereocenters. The average Bonchev–Trinajstić information content (AvgIpc) is 2.68. The van der Waals surface area contributed by atoms with E-state index >= 15 is 0 Å². The van der Waals surface area contributed by atoms with Crippen molar-refractivity contribution in [1.82, 2.24) is 9.97 Å². The van der Waals surface area contributed by atoms with Crippen LogP contribution in [-0.4, -0.2) is 23.1 Å². The van der Waals surface area contributed by atoms with Gasteiger partial charge in [0.25, 0.3) is 0 Å². The second-order valence-electron chi connectivity index (χ2n) is 4.88. The lowest BCUT2D eigenvalue weighted by Crippen LogP contribution is -2.27. The Balaban J connectivity index is 1.93. The summed E-state index contributed by atoms with van der Waals surface area (Å²) < 4.78 is 5.77. The molecule has 5 nitrogen and oxygen atoms in total. The molecule has 1 aliphatic rings. The van der Waals surface area contributed by atoms with Gasteiger partial charge in [0.2, 0.25) is 5.95 Å². The third kappa shape index (κ3) is 2.58. The lowest BCUT2D eigenvalue weighted by atomic mass is 10.2. The SMILES string of the molecule is Cc1cc(CN)nc(N2CCOc3ccccc3C2)n1. The van der Waals surface area contributed by atoms with Crippen LogP contribution < -0.4 is 15.4 Å². The summed E-state index contributed by atoms with van der Waals surface area (Å²) in [5, 5.41) is 0. The van der Waals surface area contributed by atoms with Crippen LogP contribution in [0.15, 0.2) is 30.3 Å². The minimum Gasteiger partial charge on any atom is -0.491 e. The van der Waals surface area contributed by atoms with Crippen molar-refractivity contribution in [3.05, 3.63) is 47.3 Å². The molecule has 0 saturated carbocycles. The lowest BCUT2D eigenvalue weighted by molar-refractivity contribution is 0.331. The number of ether oxygens (including phenoxy) is 1. The Hall–Kier alpha value is -2.14. The fraction of sp³-hybridized carbons (Fsp3) is 0.333. The summed E-state index contributed by atoms with van der Waals surface area (Å²) in [6.45, 7) is 4.54. The molecule has 104 valence electrons. The summed E-state index contributed by atoms with van der Waals surface area (Å²) in [6.07, 6.45) is 0. The predicted molar refractivity (Wildman–Crippen MR) is 77.6 cm³/mol. The second-order valence-corrected chi connectivity index (χ2v) is 4.88. The quantitative estimate of drug-likeness (QED) is 0.898. The maximum atomic E-state index is 5.77. The van der Waals surface area contributed by atoms with Crippen molar-refractivity contribution in [2.45, 2.75) is 20.0 Å². The van der Waals surface area contributed by atoms with Crippen molar-refractivity contribution >= 4 is 5.95 Å². The number of para-hydroxylation sites is 1. The first kappa shape index (κ1) is 12.9. The van der Waals surface area contributed by atoms with Crippen molar-refractivity contribution in [2.24, 2.45) is 5.73 Å². The molecule has 0 radical (unpaired) electrons. The van der Waals surface area contributed by atoms with E-state index in [-0.39, 0.29) is 0 Å². The summed E-state index contributed by atoms with van der Waals surface area (Å²) in [4.78, 5) is 11.2. The van der Waals surface area contributed by atoms with Crippen LogP contribution in [0, 0.1) is 6.92 Å². The highest BCUT2D eigenvalue weighted by atomic mass is 16.5. The van der Waals surface area contributed by atoms with Crippen molar-refractivity contribution in [3.63, 3.8) is 0 Å². The molecule has 2 heterocycles. The normalized spacial score (nSPS) is 14.4. The molecule has 0 aliphatic carbocycles. The number of nitrogens with zero attached hydrogens (tertiary/aromatic N) is 3. The number of anilines is 1. The monoisotopic (exact) mass is 270 g/mol. The Morgan fingerprint density at radius 1 is 1.30 bits per heavy atom. The number of nitrogens with two attached hydrogens (primary N) is 1. The van der Waals surface area contributed by atoms with E-state index in [0.29, 0.717) is 13.2 Å². The highest BCUT2D eigenvalue weighted by molar-refractivity contribution is 5.41. The molecule has 0 atom stereocenters. The maximum Gasteiger partial charge on any atom is 0.226 e. The second kappa shape index (κ2) is 5.46. The van der Waals surface area contributed by atoms with E-state index in [9.17, 15) is 0 Å². The van der Waals surface area contributed by atoms with Crippen LogP contribution in [0.2, 0.25) is 0 Å². The molecule has 5 heteroatoms. The Bertz CT molecular complexity index is 615. The van der Waals surface area contributed by atoms with E-state index in [1.54, 1.807) is 0 Å². The molecule has 1 aliphatic heterocycles. The van der Waals surface area contributed by atoms with Gasteiger partial charge in [0.05, 0.1) is 12.2 Å². The maximum absolute atomic E-state index is 5.77. The van der Waals surface area contributed by atoms with E-state index < -0.39 is 0 Å². The van der Waals surface area contributed by atoms with Gasteiger partial charge in [0.1, 0.15) is 12.4 Å². The first-order chi connectivity index (χ1) is 9.76. The molecule has 1 aromatic heterocycles. The van der Waals surface area contributed by atoms with E-state index in [2.05, 4.69) is 20.9 Å². The van der Waals surface area contributed by atoms with E-state index in [4.69, 9.17) is 10.5 Å². The molecule has 0 amide bonds. The van der Waals surface area contributed by atoms with Gasteiger partial charge in [-0.15, -0.1) is 0 Å². The fourth-order valence-electron chi connectivity index (χ4n) is 2.36. The topological polar surface area (TPSA) is 64.3 Å². The highest BCUT2D eigenvalue weighted by Crippen LogP contribution is 2.24. The highest BCUT2D eigenvalue weighted by Gasteiger charge is 2.17. The third-order valence-electron chi connectivity index (χ3n) is 3.34. The zero-order chi connectivity index (χ0) is 13.9. The van der Waals surface area contributed by atoms with Crippen molar-refractivity contribution in [2.75, 3.05) is 18.1 Å². The molecular weight excluding hydrogens is 252 g/mol. The predicted octanol–water partition coefficient (Wildman–Crippen LogP) is 1.64. The van der Waals surface area contributed by atoms with E-state index in [1.165, 1.54) is 0 Å². The first-order valence-corrected chi connectivity index (χ1v) is 6.76. The van der Waals surface area contributed by atoms with Gasteiger partial charge >= 0.3 is 0 Å². The third-order valence-corrected chi connectivity index (χ3v) is 3.34. The first-order valence-electron chi connectivity index (χ1n) is 6.76. The van der Waals surface area contributed by atoms with Crippen LogP contribution in [0.3, 0.4) is 0 Å². The van der Waals surface area contributed by atoms with Gasteiger partial charge in [-0.2, -0.15) is 0 Å². The van der Waals surface area contributed by atoms with Gasteiger partial charge in [-0.1, -0.05) is 18.2 Å². The lowest BCUT2D eigenvalue weighted by Gasteiger charge is -2.20. The molecule has 2 N–H and O–H groups in total. The Morgan fingerprint density at radius 3 is 3.00 bits per heavy atom. The molecule has 0 spiro atoms. The molecule has 20 heavy (non-hydrogen) atoms. The van der Waals surface area contributed by atoms with Crippen molar-refractivity contribution in [3.8, 4) is 5.75 Å². The van der Waals surface area contributed by atoms with Crippen LogP contribution in [0.25, 0.3) is 0 Å². The number of hydrogen-bond donors (Lipinski definition) is 1. The summed E-state index contributed by atoms with van der Waals surface area (Å²) in [5.41, 5.74) is 8.65. The number of aromatic nitrogens is 2. The number of aryl methyl sites for hydroxylation is 1. The standard InChI is InChI=1S/C15H18N4O/c1-11-8-13(9-16)18-15(17-11)19-6-7-20-14-5-3-2-4-12(14)10-19/h2-5,8H,6-7,9-10,16H2,1H3. The number of hydrogen-bond acceptors (Lipinski definition) is 5. The largest absolute Gasteiger partial charge is 0.491 e. The van der Waals surface area contributed by atoms with Gasteiger partial charge < -0.3 is 15.4 Å². The summed E-state index contributed by atoms with van der Waals surface area (Å²) in [6, 6.07) is 10.0. The Morgan fingerprint density at radius 2 is 2.15 bits per heavy atom. The van der Waals surface area contributed by atoms with Crippen LogP contribution in [0.1, 0.15) is 17.0 Å². The summed E-state index contributed by atoms with van der Waals surface area (Å²) >= 11 is 0. The fourth-order valence-corrected chi connectivity index (χ4v) is 2.36. The van der Waals surface area contributed by atoms with Gasteiger partial charge in [0.15, 0.2) is 0 Å². The minimum absolute atomic E-state index is 0.428. The van der Waals surface area contributed by atoms with Gasteiger partial charge in [0, 0.05) is 24.3 Å². The Kier molecular flexibility index (Phi) is 3.52. The summed E-state index contributed by atoms with van der Waals surface area (Å²) in [7, 11) is 0.